The molecule has 0 radical (unpaired) electrons. The molecule has 4 atom stereocenters. The van der Waals surface area contributed by atoms with Crippen molar-refractivity contribution in [3.63, 3.8) is 0 Å². The van der Waals surface area contributed by atoms with Crippen molar-refractivity contribution in [1.29, 1.82) is 0 Å². The van der Waals surface area contributed by atoms with E-state index in [2.05, 4.69) is 0 Å². The van der Waals surface area contributed by atoms with Crippen LogP contribution in [0.25, 0.3) is 0 Å². The van der Waals surface area contributed by atoms with E-state index in [9.17, 15) is 19.2 Å². The predicted molar refractivity (Wildman–Crippen MR) is 141 cm³/mol. The van der Waals surface area contributed by atoms with Crippen LogP contribution in [0, 0.1) is 11.8 Å². The molecule has 0 aliphatic heterocycles. The van der Waals surface area contributed by atoms with E-state index < -0.39 is 36.2 Å². The quantitative estimate of drug-likeness (QED) is 0.232. The lowest BCUT2D eigenvalue weighted by atomic mass is 10.0. The van der Waals surface area contributed by atoms with Gasteiger partial charge in [-0.2, -0.15) is 0 Å². The van der Waals surface area contributed by atoms with E-state index in [1.54, 1.807) is 13.0 Å². The lowest BCUT2D eigenvalue weighted by Crippen LogP contribution is -2.36. The SMILES string of the molecule is CCCOC(=O)O[C@@H](C)COC(=O)[C@@H](N)Cc1ccc(OC(=O)CC(C)CC)c(OC(=O)CC(C)CC)c1. The third-order valence-corrected chi connectivity index (χ3v) is 5.82. The molecule has 0 saturated heterocycles. The second kappa shape index (κ2) is 17.4. The molecule has 214 valence electrons. The van der Waals surface area contributed by atoms with Crippen LogP contribution in [-0.4, -0.2) is 49.4 Å². The van der Waals surface area contributed by atoms with E-state index in [4.69, 9.17) is 29.4 Å². The Hall–Kier alpha value is -3.14. The van der Waals surface area contributed by atoms with Gasteiger partial charge in [-0.1, -0.05) is 53.5 Å². The van der Waals surface area contributed by atoms with Crippen molar-refractivity contribution < 1.29 is 42.9 Å². The summed E-state index contributed by atoms with van der Waals surface area (Å²) in [7, 11) is 0. The van der Waals surface area contributed by atoms with Crippen molar-refractivity contribution in [3.8, 4) is 11.5 Å². The van der Waals surface area contributed by atoms with Crippen LogP contribution in [0.2, 0.25) is 0 Å². The monoisotopic (exact) mass is 537 g/mol. The van der Waals surface area contributed by atoms with Crippen molar-refractivity contribution in [3.05, 3.63) is 23.8 Å². The van der Waals surface area contributed by atoms with E-state index in [0.717, 1.165) is 12.8 Å². The zero-order valence-corrected chi connectivity index (χ0v) is 23.4. The average Bonchev–Trinajstić information content (AvgIpc) is 2.86. The highest BCUT2D eigenvalue weighted by atomic mass is 16.7. The second-order valence-corrected chi connectivity index (χ2v) is 9.63. The van der Waals surface area contributed by atoms with Crippen molar-refractivity contribution in [2.75, 3.05) is 13.2 Å². The summed E-state index contributed by atoms with van der Waals surface area (Å²) in [5.74, 6) is -1.09. The Morgan fingerprint density at radius 1 is 0.842 bits per heavy atom. The number of hydrogen-bond donors (Lipinski definition) is 1. The Labute approximate surface area is 225 Å². The minimum Gasteiger partial charge on any atom is -0.461 e. The van der Waals surface area contributed by atoms with E-state index in [1.807, 2.05) is 34.6 Å². The minimum absolute atomic E-state index is 0.0730. The first-order valence-electron chi connectivity index (χ1n) is 13.3. The predicted octanol–water partition coefficient (Wildman–Crippen LogP) is 4.73. The summed E-state index contributed by atoms with van der Waals surface area (Å²) in [4.78, 5) is 48.7. The molecular weight excluding hydrogens is 494 g/mol. The molecule has 0 saturated carbocycles. The highest BCUT2D eigenvalue weighted by Crippen LogP contribution is 2.30. The molecule has 38 heavy (non-hydrogen) atoms. The van der Waals surface area contributed by atoms with E-state index in [1.165, 1.54) is 12.1 Å². The van der Waals surface area contributed by atoms with E-state index in [-0.39, 0.29) is 55.8 Å². The van der Waals surface area contributed by atoms with Crippen LogP contribution in [-0.2, 0) is 35.0 Å². The molecule has 1 aromatic rings. The molecular formula is C28H43NO9. The third-order valence-electron chi connectivity index (χ3n) is 5.82. The number of carbonyl (C=O) groups excluding carboxylic acids is 4. The fourth-order valence-corrected chi connectivity index (χ4v) is 3.09. The maximum atomic E-state index is 12.5. The van der Waals surface area contributed by atoms with Gasteiger partial charge in [-0.3, -0.25) is 14.4 Å². The van der Waals surface area contributed by atoms with Gasteiger partial charge in [-0.15, -0.1) is 0 Å². The van der Waals surface area contributed by atoms with E-state index in [0.29, 0.717) is 12.0 Å². The highest BCUT2D eigenvalue weighted by molar-refractivity contribution is 5.77. The van der Waals surface area contributed by atoms with Crippen molar-refractivity contribution in [2.45, 2.75) is 92.2 Å². The maximum Gasteiger partial charge on any atom is 0.508 e. The van der Waals surface area contributed by atoms with Crippen LogP contribution < -0.4 is 15.2 Å². The summed E-state index contributed by atoms with van der Waals surface area (Å²) in [5, 5.41) is 0. The van der Waals surface area contributed by atoms with Crippen LogP contribution >= 0.6 is 0 Å². The molecule has 0 bridgehead atoms. The first-order chi connectivity index (χ1) is 18.0. The number of carbonyl (C=O) groups is 4. The molecule has 0 spiro atoms. The molecule has 1 rings (SSSR count). The Morgan fingerprint density at radius 2 is 1.42 bits per heavy atom. The van der Waals surface area contributed by atoms with Gasteiger partial charge in [0.1, 0.15) is 18.8 Å². The molecule has 0 heterocycles. The van der Waals surface area contributed by atoms with Gasteiger partial charge in [0, 0.05) is 12.8 Å². The van der Waals surface area contributed by atoms with Crippen molar-refractivity contribution in [2.24, 2.45) is 17.6 Å². The smallest absolute Gasteiger partial charge is 0.461 e. The second-order valence-electron chi connectivity index (χ2n) is 9.63. The van der Waals surface area contributed by atoms with Crippen LogP contribution in [0.4, 0.5) is 4.79 Å². The first kappa shape index (κ1) is 32.9. The van der Waals surface area contributed by atoms with Crippen molar-refractivity contribution >= 4 is 24.1 Å². The molecule has 0 aliphatic rings. The van der Waals surface area contributed by atoms with Crippen LogP contribution in [0.3, 0.4) is 0 Å². The molecule has 0 fully saturated rings. The van der Waals surface area contributed by atoms with Crippen LogP contribution in [0.5, 0.6) is 11.5 Å². The fraction of sp³-hybridized carbons (Fsp3) is 0.643. The summed E-state index contributed by atoms with van der Waals surface area (Å²) < 4.78 is 26.0. The summed E-state index contributed by atoms with van der Waals surface area (Å²) in [5.41, 5.74) is 6.61. The van der Waals surface area contributed by atoms with Gasteiger partial charge in [0.25, 0.3) is 0 Å². The van der Waals surface area contributed by atoms with Gasteiger partial charge >= 0.3 is 24.1 Å². The zero-order valence-electron chi connectivity index (χ0n) is 23.4. The molecule has 10 nitrogen and oxygen atoms in total. The number of benzene rings is 1. The largest absolute Gasteiger partial charge is 0.508 e. The topological polar surface area (TPSA) is 140 Å². The van der Waals surface area contributed by atoms with Gasteiger partial charge in [0.15, 0.2) is 11.5 Å². The summed E-state index contributed by atoms with van der Waals surface area (Å²) in [6.45, 7) is 11.3. The lowest BCUT2D eigenvalue weighted by molar-refractivity contribution is -0.148. The third kappa shape index (κ3) is 12.9. The summed E-state index contributed by atoms with van der Waals surface area (Å²) >= 11 is 0. The molecule has 2 N–H and O–H groups in total. The van der Waals surface area contributed by atoms with E-state index >= 15 is 0 Å². The minimum atomic E-state index is -1.03. The molecule has 0 amide bonds. The number of esters is 3. The van der Waals surface area contributed by atoms with Gasteiger partial charge in [0.05, 0.1) is 6.61 Å². The zero-order chi connectivity index (χ0) is 28.7. The van der Waals surface area contributed by atoms with Crippen LogP contribution in [0.1, 0.15) is 79.2 Å². The van der Waals surface area contributed by atoms with Gasteiger partial charge in [0.2, 0.25) is 0 Å². The molecule has 2 unspecified atom stereocenters. The van der Waals surface area contributed by atoms with Gasteiger partial charge in [-0.25, -0.2) is 4.79 Å². The summed E-state index contributed by atoms with van der Waals surface area (Å²) in [6, 6.07) is 3.66. The Kier molecular flexibility index (Phi) is 15.0. The van der Waals surface area contributed by atoms with Gasteiger partial charge in [-0.05, 0) is 49.3 Å². The van der Waals surface area contributed by atoms with Crippen molar-refractivity contribution in [1.82, 2.24) is 0 Å². The Balaban J connectivity index is 2.87. The Morgan fingerprint density at radius 3 is 1.97 bits per heavy atom. The van der Waals surface area contributed by atoms with Gasteiger partial charge < -0.3 is 29.4 Å². The normalized spacial score (nSPS) is 14.0. The standard InChI is InChI=1S/C28H43NO9/c1-7-12-34-28(33)36-20(6)17-35-27(32)22(29)15-21-10-11-23(37-25(30)13-18(4)8-2)24(16-21)38-26(31)14-19(5)9-3/h10-11,16,18-20,22H,7-9,12-15,17,29H2,1-6H3/t18?,19?,20-,22-/m0/s1. The number of rotatable bonds is 16. The number of ether oxygens (including phenoxy) is 5. The lowest BCUT2D eigenvalue weighted by Gasteiger charge is -2.17. The molecule has 10 heteroatoms. The molecule has 0 aromatic heterocycles. The maximum absolute atomic E-state index is 12.5. The highest BCUT2D eigenvalue weighted by Gasteiger charge is 2.21. The first-order valence-corrected chi connectivity index (χ1v) is 13.3. The summed E-state index contributed by atoms with van der Waals surface area (Å²) in [6.07, 6.45) is 1.26. The number of hydrogen-bond acceptors (Lipinski definition) is 10. The van der Waals surface area contributed by atoms with Crippen LogP contribution in [0.15, 0.2) is 18.2 Å². The average molecular weight is 538 g/mol. The fourth-order valence-electron chi connectivity index (χ4n) is 3.09. The molecule has 1 aromatic carbocycles. The molecule has 0 aliphatic carbocycles. The Bertz CT molecular complexity index is 918. The number of nitrogens with two attached hydrogens (primary N) is 1.